The standard InChI is InChI=1S/C20H22N2O6S2/c1-11-8-22(19(24)21-17(11)23)18-16(28-20(29)30-2)15-14(27-18)13(10-26-15)25-9-12-6-4-3-5-7-12/h3-8,13-16,18H,9-10H2,1-2H3,(H,21,23,24)/t13-,14-,15+,16-,18-/m1/s1. The molecule has 8 nitrogen and oxygen atoms in total. The predicted molar refractivity (Wildman–Crippen MR) is 116 cm³/mol. The second-order valence-corrected chi connectivity index (χ2v) is 8.55. The number of H-pyrrole nitrogens is 1. The first-order chi connectivity index (χ1) is 14.5. The van der Waals surface area contributed by atoms with E-state index in [2.05, 4.69) is 4.98 Å². The molecular weight excluding hydrogens is 428 g/mol. The summed E-state index contributed by atoms with van der Waals surface area (Å²) in [5, 5.41) is 0. The predicted octanol–water partition coefficient (Wildman–Crippen LogP) is 1.76. The molecule has 0 unspecified atom stereocenters. The van der Waals surface area contributed by atoms with Crippen molar-refractivity contribution < 1.29 is 18.9 Å². The van der Waals surface area contributed by atoms with E-state index in [1.165, 1.54) is 22.5 Å². The molecule has 10 heteroatoms. The minimum Gasteiger partial charge on any atom is -0.468 e. The molecule has 2 fully saturated rings. The molecule has 2 aromatic rings. The second kappa shape index (κ2) is 9.03. The van der Waals surface area contributed by atoms with Crippen molar-refractivity contribution in [3.8, 4) is 0 Å². The topological polar surface area (TPSA) is 91.8 Å². The number of hydrogen-bond acceptors (Lipinski definition) is 8. The van der Waals surface area contributed by atoms with E-state index in [0.29, 0.717) is 23.2 Å². The summed E-state index contributed by atoms with van der Waals surface area (Å²) in [6.45, 7) is 2.38. The zero-order valence-electron chi connectivity index (χ0n) is 16.5. The van der Waals surface area contributed by atoms with Gasteiger partial charge in [0.05, 0.1) is 13.2 Å². The van der Waals surface area contributed by atoms with Crippen molar-refractivity contribution >= 4 is 28.4 Å². The number of benzene rings is 1. The molecule has 3 heterocycles. The summed E-state index contributed by atoms with van der Waals surface area (Å²) in [6.07, 6.45) is 0.591. The normalized spacial score (nSPS) is 27.7. The fourth-order valence-electron chi connectivity index (χ4n) is 3.66. The Hall–Kier alpha value is -1.98. The summed E-state index contributed by atoms with van der Waals surface area (Å²) in [7, 11) is 0. The Bertz CT molecular complexity index is 1020. The third kappa shape index (κ3) is 4.23. The quantitative estimate of drug-likeness (QED) is 0.689. The zero-order valence-corrected chi connectivity index (χ0v) is 18.1. The smallest absolute Gasteiger partial charge is 0.330 e. The number of aromatic nitrogens is 2. The average Bonchev–Trinajstić information content (AvgIpc) is 3.30. The molecule has 5 atom stereocenters. The van der Waals surface area contributed by atoms with Gasteiger partial charge in [-0.25, -0.2) is 4.79 Å². The molecule has 0 amide bonds. The number of aromatic amines is 1. The highest BCUT2D eigenvalue weighted by molar-refractivity contribution is 8.22. The summed E-state index contributed by atoms with van der Waals surface area (Å²) in [6, 6.07) is 9.82. The van der Waals surface area contributed by atoms with E-state index in [4.69, 9.17) is 31.2 Å². The van der Waals surface area contributed by atoms with Crippen LogP contribution in [0.25, 0.3) is 0 Å². The summed E-state index contributed by atoms with van der Waals surface area (Å²) in [5.41, 5.74) is 0.409. The summed E-state index contributed by atoms with van der Waals surface area (Å²) < 4.78 is 25.8. The Morgan fingerprint density at radius 2 is 2.07 bits per heavy atom. The van der Waals surface area contributed by atoms with Gasteiger partial charge in [0.1, 0.15) is 18.3 Å². The van der Waals surface area contributed by atoms with Gasteiger partial charge in [-0.05, 0) is 31.0 Å². The fourth-order valence-corrected chi connectivity index (χ4v) is 3.98. The molecule has 2 aliphatic heterocycles. The molecule has 4 rings (SSSR count). The van der Waals surface area contributed by atoms with Crippen LogP contribution in [0, 0.1) is 6.92 Å². The van der Waals surface area contributed by atoms with Crippen molar-refractivity contribution in [2.24, 2.45) is 0 Å². The van der Waals surface area contributed by atoms with Crippen LogP contribution < -0.4 is 11.2 Å². The van der Waals surface area contributed by atoms with Crippen LogP contribution in [0.15, 0.2) is 46.1 Å². The van der Waals surface area contributed by atoms with Crippen molar-refractivity contribution in [2.45, 2.75) is 44.2 Å². The molecular formula is C20H22N2O6S2. The van der Waals surface area contributed by atoms with Gasteiger partial charge in [0.25, 0.3) is 5.56 Å². The van der Waals surface area contributed by atoms with E-state index in [-0.39, 0.29) is 6.10 Å². The summed E-state index contributed by atoms with van der Waals surface area (Å²) in [5.74, 6) is 0. The summed E-state index contributed by atoms with van der Waals surface area (Å²) in [4.78, 5) is 26.5. The minimum absolute atomic E-state index is 0.320. The Balaban J connectivity index is 1.58. The van der Waals surface area contributed by atoms with E-state index in [0.717, 1.165) is 5.56 Å². The van der Waals surface area contributed by atoms with Crippen LogP contribution in [0.2, 0.25) is 0 Å². The molecule has 160 valence electrons. The molecule has 1 aromatic heterocycles. The highest BCUT2D eigenvalue weighted by atomic mass is 32.2. The number of ether oxygens (including phenoxy) is 4. The van der Waals surface area contributed by atoms with Crippen molar-refractivity contribution in [1.82, 2.24) is 9.55 Å². The number of thiocarbonyl (C=S) groups is 1. The molecule has 2 saturated heterocycles. The maximum absolute atomic E-state index is 12.5. The van der Waals surface area contributed by atoms with Crippen LogP contribution in [0.1, 0.15) is 17.4 Å². The molecule has 1 aromatic carbocycles. The van der Waals surface area contributed by atoms with Gasteiger partial charge in [0, 0.05) is 11.8 Å². The van der Waals surface area contributed by atoms with Gasteiger partial charge >= 0.3 is 5.69 Å². The molecule has 2 aliphatic rings. The molecule has 1 N–H and O–H groups in total. The summed E-state index contributed by atoms with van der Waals surface area (Å²) >= 11 is 6.51. The van der Waals surface area contributed by atoms with E-state index in [1.54, 1.807) is 6.92 Å². The lowest BCUT2D eigenvalue weighted by molar-refractivity contribution is -0.0975. The van der Waals surface area contributed by atoms with Crippen molar-refractivity contribution in [1.29, 1.82) is 0 Å². The number of fused-ring (bicyclic) bond motifs is 1. The Morgan fingerprint density at radius 1 is 1.30 bits per heavy atom. The lowest BCUT2D eigenvalue weighted by Gasteiger charge is -2.24. The minimum atomic E-state index is -0.809. The van der Waals surface area contributed by atoms with E-state index >= 15 is 0 Å². The van der Waals surface area contributed by atoms with Gasteiger partial charge < -0.3 is 18.9 Å². The van der Waals surface area contributed by atoms with Gasteiger partial charge in [-0.3, -0.25) is 14.3 Å². The van der Waals surface area contributed by atoms with Gasteiger partial charge in [0.2, 0.25) is 4.38 Å². The first kappa shape index (κ1) is 21.3. The largest absolute Gasteiger partial charge is 0.468 e. The van der Waals surface area contributed by atoms with E-state index in [1.807, 2.05) is 36.6 Å². The van der Waals surface area contributed by atoms with Crippen molar-refractivity contribution in [3.05, 3.63) is 68.5 Å². The first-order valence-electron chi connectivity index (χ1n) is 9.47. The molecule has 0 bridgehead atoms. The second-order valence-electron chi connectivity index (χ2n) is 7.14. The first-order valence-corrected chi connectivity index (χ1v) is 11.1. The maximum atomic E-state index is 12.5. The highest BCUT2D eigenvalue weighted by Crippen LogP contribution is 2.39. The van der Waals surface area contributed by atoms with Crippen LogP contribution in [-0.2, 0) is 25.6 Å². The molecule has 0 saturated carbocycles. The number of hydrogen-bond donors (Lipinski definition) is 1. The number of rotatable bonds is 5. The average molecular weight is 451 g/mol. The van der Waals surface area contributed by atoms with Crippen LogP contribution in [0.4, 0.5) is 0 Å². The van der Waals surface area contributed by atoms with Gasteiger partial charge in [0.15, 0.2) is 12.3 Å². The van der Waals surface area contributed by atoms with Gasteiger partial charge in [-0.2, -0.15) is 0 Å². The number of thioether (sulfide) groups is 1. The third-order valence-corrected chi connectivity index (χ3v) is 6.20. The SMILES string of the molecule is CSC(=S)O[C@@H]1[C@H]2OC[C@@H](OCc3ccccc3)[C@H]2O[C@H]1n1cc(C)c(=O)[nH]c1=O. The molecule has 0 spiro atoms. The van der Waals surface area contributed by atoms with Crippen LogP contribution >= 0.6 is 24.0 Å². The molecule has 0 aliphatic carbocycles. The lowest BCUT2D eigenvalue weighted by Crippen LogP contribution is -2.40. The number of nitrogens with one attached hydrogen (secondary N) is 1. The van der Waals surface area contributed by atoms with Crippen LogP contribution in [0.3, 0.4) is 0 Å². The van der Waals surface area contributed by atoms with Crippen LogP contribution in [-0.4, -0.2) is 51.2 Å². The van der Waals surface area contributed by atoms with E-state index in [9.17, 15) is 9.59 Å². The monoisotopic (exact) mass is 450 g/mol. The van der Waals surface area contributed by atoms with Gasteiger partial charge in [-0.15, -0.1) is 0 Å². The van der Waals surface area contributed by atoms with Crippen LogP contribution in [0.5, 0.6) is 0 Å². The Kier molecular flexibility index (Phi) is 6.40. The third-order valence-electron chi connectivity index (χ3n) is 5.17. The van der Waals surface area contributed by atoms with E-state index < -0.39 is 35.8 Å². The Labute approximate surface area is 182 Å². The molecule has 30 heavy (non-hydrogen) atoms. The number of nitrogens with zero attached hydrogens (tertiary/aromatic N) is 1. The van der Waals surface area contributed by atoms with Crippen molar-refractivity contribution in [3.63, 3.8) is 0 Å². The maximum Gasteiger partial charge on any atom is 0.330 e. The van der Waals surface area contributed by atoms with Gasteiger partial charge in [-0.1, -0.05) is 42.1 Å². The highest BCUT2D eigenvalue weighted by Gasteiger charge is 2.55. The Morgan fingerprint density at radius 3 is 2.80 bits per heavy atom. The number of aryl methyl sites for hydroxylation is 1. The zero-order chi connectivity index (χ0) is 21.3. The molecule has 0 radical (unpaired) electrons. The fraction of sp³-hybridized carbons (Fsp3) is 0.450. The van der Waals surface area contributed by atoms with Crippen molar-refractivity contribution in [2.75, 3.05) is 12.9 Å². The lowest BCUT2D eigenvalue weighted by atomic mass is 10.1.